The summed E-state index contributed by atoms with van der Waals surface area (Å²) in [5.41, 5.74) is -7.52. The van der Waals surface area contributed by atoms with E-state index in [-0.39, 0.29) is 36.8 Å². The number of benzene rings is 2. The van der Waals surface area contributed by atoms with Crippen molar-refractivity contribution in [1.82, 2.24) is 0 Å². The van der Waals surface area contributed by atoms with Crippen LogP contribution in [0.25, 0.3) is 0 Å². The molecule has 52 heavy (non-hydrogen) atoms. The van der Waals surface area contributed by atoms with Gasteiger partial charge in [-0.3, -0.25) is 14.4 Å². The summed E-state index contributed by atoms with van der Waals surface area (Å²) in [6.45, 7) is -1.03. The summed E-state index contributed by atoms with van der Waals surface area (Å²) in [7, 11) is 1.20. The number of hydrogen-bond donors (Lipinski definition) is 10. The van der Waals surface area contributed by atoms with Gasteiger partial charge in [-0.25, -0.2) is 0 Å². The molecule has 0 spiro atoms. The topological polar surface area (TPSA) is 281 Å². The number of rotatable bonds is 15. The molecule has 0 amide bonds. The molecule has 2 aromatic carbocycles. The summed E-state index contributed by atoms with van der Waals surface area (Å²) < 4.78 is 16.1. The predicted molar refractivity (Wildman–Crippen MR) is 177 cm³/mol. The molecule has 2 aliphatic heterocycles. The molecule has 0 radical (unpaired) electrons. The molecular formula is C36H48O16. The lowest BCUT2D eigenvalue weighted by Gasteiger charge is -2.60. The van der Waals surface area contributed by atoms with Crippen molar-refractivity contribution in [3.05, 3.63) is 71.8 Å². The van der Waals surface area contributed by atoms with Crippen molar-refractivity contribution in [2.75, 3.05) is 20.3 Å². The van der Waals surface area contributed by atoms with Crippen molar-refractivity contribution in [2.45, 2.75) is 98.4 Å². The van der Waals surface area contributed by atoms with Crippen LogP contribution >= 0.6 is 0 Å². The third kappa shape index (κ3) is 6.95. The van der Waals surface area contributed by atoms with Crippen molar-refractivity contribution >= 4 is 17.5 Å². The molecule has 0 aromatic heterocycles. The molecule has 2 fully saturated rings. The monoisotopic (exact) mass is 736 g/mol. The van der Waals surface area contributed by atoms with Gasteiger partial charge in [0, 0.05) is 29.4 Å². The molecule has 2 aromatic rings. The molecular weight excluding hydrogens is 688 g/mol. The Morgan fingerprint density at radius 1 is 0.692 bits per heavy atom. The minimum Gasteiger partial charge on any atom is -0.469 e. The van der Waals surface area contributed by atoms with Crippen LogP contribution < -0.4 is 0 Å². The molecule has 16 heteroatoms. The van der Waals surface area contributed by atoms with Crippen LogP contribution in [0.5, 0.6) is 0 Å². The van der Waals surface area contributed by atoms with Crippen LogP contribution in [0.2, 0.25) is 0 Å². The Morgan fingerprint density at radius 3 is 1.54 bits per heavy atom. The first-order chi connectivity index (χ1) is 24.5. The summed E-state index contributed by atoms with van der Waals surface area (Å²) in [4.78, 5) is 40.1. The highest BCUT2D eigenvalue weighted by molar-refractivity contribution is 6.04. The SMILES string of the molecule is COC(=O)CCCCCC(C(C)[C@@]1(O)O[C@H](CO)[C@H](O)[C@H](O)[C@]1(O)C(=O)c1ccccc1)[C@@]1(O)O[C@H](CO)[C@H](O)[C@H](O)[C@]1(O)C(=O)c1ccccc1. The average Bonchev–Trinajstić information content (AvgIpc) is 3.16. The van der Waals surface area contributed by atoms with Gasteiger partial charge in [0.25, 0.3) is 0 Å². The molecule has 0 bridgehead atoms. The fraction of sp³-hybridized carbons (Fsp3) is 0.583. The number of unbranched alkanes of at least 4 members (excludes halogenated alkanes) is 2. The Kier molecular flexibility index (Phi) is 13.1. The van der Waals surface area contributed by atoms with Gasteiger partial charge in [-0.05, 0) is 12.8 Å². The highest BCUT2D eigenvalue weighted by atomic mass is 16.7. The third-order valence-electron chi connectivity index (χ3n) is 10.5. The lowest BCUT2D eigenvalue weighted by atomic mass is 9.61. The number of methoxy groups -OCH3 is 1. The van der Waals surface area contributed by atoms with Crippen LogP contribution in [0.15, 0.2) is 60.7 Å². The van der Waals surface area contributed by atoms with Crippen LogP contribution in [-0.2, 0) is 19.0 Å². The molecule has 4 rings (SSSR count). The molecule has 2 unspecified atom stereocenters. The van der Waals surface area contributed by atoms with Crippen LogP contribution in [0.3, 0.4) is 0 Å². The summed E-state index contributed by atoms with van der Waals surface area (Å²) in [5.74, 6) is -13.9. The number of carbonyl (C=O) groups is 3. The molecule has 2 aliphatic rings. The molecule has 2 heterocycles. The highest BCUT2D eigenvalue weighted by Crippen LogP contribution is 2.53. The minimum atomic E-state index is -3.49. The maximum absolute atomic E-state index is 14.2. The Hall–Kier alpha value is -3.23. The normalized spacial score (nSPS) is 36.1. The molecule has 16 nitrogen and oxygen atoms in total. The largest absolute Gasteiger partial charge is 0.469 e. The van der Waals surface area contributed by atoms with E-state index in [1.165, 1.54) is 67.8 Å². The zero-order valence-corrected chi connectivity index (χ0v) is 28.8. The van der Waals surface area contributed by atoms with E-state index < -0.39 is 108 Å². The Balaban J connectivity index is 1.95. The van der Waals surface area contributed by atoms with Crippen molar-refractivity contribution in [2.24, 2.45) is 11.8 Å². The lowest BCUT2D eigenvalue weighted by molar-refractivity contribution is -0.427. The predicted octanol–water partition coefficient (Wildman–Crippen LogP) is -1.81. The molecule has 0 aliphatic carbocycles. The summed E-state index contributed by atoms with van der Waals surface area (Å²) in [5, 5.41) is 115. The van der Waals surface area contributed by atoms with Gasteiger partial charge in [0.2, 0.25) is 34.3 Å². The van der Waals surface area contributed by atoms with Gasteiger partial charge >= 0.3 is 5.97 Å². The van der Waals surface area contributed by atoms with Crippen molar-refractivity contribution in [3.63, 3.8) is 0 Å². The first-order valence-corrected chi connectivity index (χ1v) is 17.0. The van der Waals surface area contributed by atoms with E-state index in [0.29, 0.717) is 0 Å². The van der Waals surface area contributed by atoms with E-state index in [4.69, 9.17) is 9.47 Å². The zero-order valence-electron chi connectivity index (χ0n) is 28.8. The standard InChI is InChI=1S/C36H48O16/c1-20(35(48)33(46,29(42)21-12-6-3-7-13-21)31(44)27(40)24(18-37)51-35)23(16-10-5-11-17-26(39)50-2)36(49)34(47,30(43)22-14-8-4-9-15-22)32(45)28(41)25(19-38)52-36/h3-4,6-9,12-15,20,23-25,27-28,31-32,37-38,40-41,44-49H,5,10-11,16-19H2,1-2H3/t20?,23?,24-,25-,27+,28+,31+,32+,33-,34-,35-,36-/m1/s1. The van der Waals surface area contributed by atoms with Crippen molar-refractivity contribution in [3.8, 4) is 0 Å². The van der Waals surface area contributed by atoms with E-state index in [1.54, 1.807) is 0 Å². The quantitative estimate of drug-likeness (QED) is 0.0548. The van der Waals surface area contributed by atoms with Gasteiger partial charge in [0.1, 0.15) is 36.6 Å². The van der Waals surface area contributed by atoms with Gasteiger partial charge in [0.05, 0.1) is 20.3 Å². The molecule has 2 saturated heterocycles. The van der Waals surface area contributed by atoms with Gasteiger partial charge < -0.3 is 65.3 Å². The molecule has 0 saturated carbocycles. The fourth-order valence-corrected chi connectivity index (χ4v) is 7.40. The second-order valence-corrected chi connectivity index (χ2v) is 13.4. The number of hydrogen-bond acceptors (Lipinski definition) is 16. The summed E-state index contributed by atoms with van der Waals surface area (Å²) in [6, 6.07) is 13.7. The minimum absolute atomic E-state index is 0.00542. The Bertz CT molecular complexity index is 1530. The first-order valence-electron chi connectivity index (χ1n) is 17.0. The number of ketones is 2. The number of ether oxygens (including phenoxy) is 3. The molecule has 10 N–H and O–H groups in total. The van der Waals surface area contributed by atoms with Gasteiger partial charge in [0.15, 0.2) is 0 Å². The smallest absolute Gasteiger partial charge is 0.305 e. The van der Waals surface area contributed by atoms with E-state index in [1.807, 2.05) is 0 Å². The van der Waals surface area contributed by atoms with Crippen molar-refractivity contribution < 1.29 is 79.7 Å². The number of esters is 1. The third-order valence-corrected chi connectivity index (χ3v) is 10.5. The second kappa shape index (κ2) is 16.4. The van der Waals surface area contributed by atoms with Crippen LogP contribution in [-0.4, -0.2) is 148 Å². The lowest BCUT2D eigenvalue weighted by Crippen LogP contribution is -2.82. The number of aliphatic hydroxyl groups excluding tert-OH is 6. The molecule has 288 valence electrons. The molecule has 12 atom stereocenters. The van der Waals surface area contributed by atoms with Gasteiger partial charge in [-0.15, -0.1) is 0 Å². The Morgan fingerprint density at radius 2 is 1.12 bits per heavy atom. The van der Waals surface area contributed by atoms with Crippen LogP contribution in [0, 0.1) is 11.8 Å². The number of carbonyl (C=O) groups excluding carboxylic acids is 3. The first kappa shape index (κ1) is 41.5. The van der Waals surface area contributed by atoms with E-state index >= 15 is 0 Å². The maximum Gasteiger partial charge on any atom is 0.305 e. The van der Waals surface area contributed by atoms with E-state index in [2.05, 4.69) is 4.74 Å². The van der Waals surface area contributed by atoms with Crippen molar-refractivity contribution in [1.29, 1.82) is 0 Å². The number of Topliss-reactive ketones (excluding diaryl/α,β-unsaturated/α-hetero) is 2. The van der Waals surface area contributed by atoms with Gasteiger partial charge in [-0.1, -0.05) is 80.4 Å². The summed E-state index contributed by atoms with van der Waals surface area (Å²) >= 11 is 0. The average molecular weight is 737 g/mol. The zero-order chi connectivity index (χ0) is 38.6. The fourth-order valence-electron chi connectivity index (χ4n) is 7.40. The number of aliphatic hydroxyl groups is 10. The van der Waals surface area contributed by atoms with Crippen LogP contribution in [0.1, 0.15) is 59.7 Å². The summed E-state index contributed by atoms with van der Waals surface area (Å²) in [6.07, 6.45) is -13.1. The second-order valence-electron chi connectivity index (χ2n) is 13.4. The van der Waals surface area contributed by atoms with Gasteiger partial charge in [-0.2, -0.15) is 0 Å². The van der Waals surface area contributed by atoms with E-state index in [0.717, 1.165) is 6.92 Å². The van der Waals surface area contributed by atoms with Crippen LogP contribution in [0.4, 0.5) is 0 Å². The highest BCUT2D eigenvalue weighted by Gasteiger charge is 2.75. The Labute approximate surface area is 299 Å². The maximum atomic E-state index is 14.2. The van der Waals surface area contributed by atoms with E-state index in [9.17, 15) is 65.4 Å².